The van der Waals surface area contributed by atoms with Crippen LogP contribution in [-0.4, -0.2) is 39.1 Å². The third-order valence-corrected chi connectivity index (χ3v) is 8.54. The summed E-state index contributed by atoms with van der Waals surface area (Å²) in [6.45, 7) is 2.34. The number of fused-ring (bicyclic) bond motifs is 1. The maximum absolute atomic E-state index is 13.2. The molecule has 4 aromatic rings. The highest BCUT2D eigenvalue weighted by atomic mass is 35.5. The van der Waals surface area contributed by atoms with Gasteiger partial charge in [0.05, 0.1) is 38.5 Å². The van der Waals surface area contributed by atoms with Crippen LogP contribution in [0.1, 0.15) is 6.42 Å². The van der Waals surface area contributed by atoms with Crippen molar-refractivity contribution in [3.63, 3.8) is 0 Å². The lowest BCUT2D eigenvalue weighted by molar-refractivity contribution is 0.531. The predicted molar refractivity (Wildman–Crippen MR) is 138 cm³/mol. The highest BCUT2D eigenvalue weighted by Crippen LogP contribution is 2.66. The van der Waals surface area contributed by atoms with Crippen molar-refractivity contribution in [3.05, 3.63) is 86.1 Å². The van der Waals surface area contributed by atoms with Gasteiger partial charge in [-0.15, -0.1) is 0 Å². The first-order valence-electron chi connectivity index (χ1n) is 11.3. The number of rotatable bonds is 4. The minimum Gasteiger partial charge on any atom is -0.365 e. The number of nitrogens with zero attached hydrogens (tertiary/aromatic N) is 3. The third kappa shape index (κ3) is 2.85. The lowest BCUT2D eigenvalue weighted by Gasteiger charge is -2.18. The topological polar surface area (TPSA) is 49.9 Å². The van der Waals surface area contributed by atoms with Gasteiger partial charge in [-0.3, -0.25) is 14.3 Å². The van der Waals surface area contributed by atoms with Gasteiger partial charge in [-0.1, -0.05) is 59.1 Å². The zero-order chi connectivity index (χ0) is 23.2. The molecule has 7 rings (SSSR count). The Balaban J connectivity index is 1.48. The van der Waals surface area contributed by atoms with Crippen LogP contribution >= 0.6 is 34.8 Å². The van der Waals surface area contributed by atoms with E-state index in [9.17, 15) is 4.79 Å². The third-order valence-electron chi connectivity index (χ3n) is 7.60. The van der Waals surface area contributed by atoms with Crippen molar-refractivity contribution in [2.45, 2.75) is 18.0 Å². The Kier molecular flexibility index (Phi) is 4.41. The first kappa shape index (κ1) is 20.8. The molecule has 1 saturated carbocycles. The normalized spacial score (nSPS) is 26.3. The molecule has 0 bridgehead atoms. The summed E-state index contributed by atoms with van der Waals surface area (Å²) < 4.78 is 1.57. The molecular formula is C26H19Cl3N4O. The van der Waals surface area contributed by atoms with Gasteiger partial charge in [-0.25, -0.2) is 4.98 Å². The van der Waals surface area contributed by atoms with Crippen LogP contribution in [0.15, 0.2) is 65.5 Å². The fourth-order valence-corrected chi connectivity index (χ4v) is 6.70. The van der Waals surface area contributed by atoms with E-state index in [2.05, 4.69) is 10.2 Å². The van der Waals surface area contributed by atoms with Crippen molar-refractivity contribution < 1.29 is 0 Å². The Hall–Kier alpha value is -2.57. The molecule has 3 unspecified atom stereocenters. The molecule has 1 aliphatic carbocycles. The van der Waals surface area contributed by atoms with Crippen LogP contribution in [0.5, 0.6) is 0 Å². The molecule has 5 nitrogen and oxygen atoms in total. The van der Waals surface area contributed by atoms with Gasteiger partial charge >= 0.3 is 0 Å². The number of hydrogen-bond acceptors (Lipinski definition) is 4. The Bertz CT molecular complexity index is 1550. The summed E-state index contributed by atoms with van der Waals surface area (Å²) in [7, 11) is 0. The maximum Gasteiger partial charge on any atom is 0.255 e. The highest BCUT2D eigenvalue weighted by Gasteiger charge is 2.80. The van der Waals surface area contributed by atoms with Crippen molar-refractivity contribution in [2.24, 2.45) is 5.92 Å². The van der Waals surface area contributed by atoms with Crippen molar-refractivity contribution in [2.75, 3.05) is 18.4 Å². The number of piperidine rings is 2. The number of nitrogens with one attached hydrogen (secondary N) is 1. The molecule has 0 radical (unpaired) electrons. The van der Waals surface area contributed by atoms with Crippen LogP contribution in [-0.2, 0) is 0 Å². The van der Waals surface area contributed by atoms with E-state index in [1.807, 2.05) is 30.3 Å². The van der Waals surface area contributed by atoms with Crippen LogP contribution in [0.4, 0.5) is 5.82 Å². The second-order valence-corrected chi connectivity index (χ2v) is 10.5. The molecule has 4 heterocycles. The average molecular weight is 510 g/mol. The van der Waals surface area contributed by atoms with Gasteiger partial charge in [0, 0.05) is 40.6 Å². The number of anilines is 1. The first-order chi connectivity index (χ1) is 16.5. The number of pyridine rings is 2. The van der Waals surface area contributed by atoms with Gasteiger partial charge < -0.3 is 5.32 Å². The predicted octanol–water partition coefficient (Wildman–Crippen LogP) is 5.88. The molecule has 2 aliphatic heterocycles. The standard InChI is InChI=1S/C26H19Cl3N4O/c27-17-5-2-1-4-14(17)23-15-8-9-22(34)33(24-18(28)6-3-7-19(24)29)20(15)12-21(30-23)31-25-16-10-11-32-13-26(16,25)32/h1-9,12,16,25H,10-11,13H2,(H,30,31)/t16?,25?,26-,32?/m0/s1. The molecule has 3 fully saturated rings. The molecular weight excluding hydrogens is 491 g/mol. The highest BCUT2D eigenvalue weighted by molar-refractivity contribution is 6.38. The van der Waals surface area contributed by atoms with E-state index in [-0.39, 0.29) is 5.56 Å². The Morgan fingerprint density at radius 3 is 2.44 bits per heavy atom. The van der Waals surface area contributed by atoms with Crippen molar-refractivity contribution in [1.29, 1.82) is 0 Å². The summed E-state index contributed by atoms with van der Waals surface area (Å²) in [5, 5.41) is 5.85. The fraction of sp³-hybridized carbons (Fsp3) is 0.231. The van der Waals surface area contributed by atoms with Crippen molar-refractivity contribution in [1.82, 2.24) is 14.5 Å². The van der Waals surface area contributed by atoms with Gasteiger partial charge in [0.15, 0.2) is 0 Å². The smallest absolute Gasteiger partial charge is 0.255 e. The summed E-state index contributed by atoms with van der Waals surface area (Å²) >= 11 is 19.7. The molecule has 34 heavy (non-hydrogen) atoms. The molecule has 3 aliphatic rings. The molecule has 1 spiro atoms. The second kappa shape index (κ2) is 7.22. The average Bonchev–Trinajstić information content (AvgIpc) is 3.66. The number of hydrogen-bond donors (Lipinski definition) is 1. The Morgan fingerprint density at radius 1 is 0.971 bits per heavy atom. The molecule has 2 saturated heterocycles. The van der Waals surface area contributed by atoms with E-state index in [1.165, 1.54) is 19.0 Å². The molecule has 0 amide bonds. The van der Waals surface area contributed by atoms with Gasteiger partial charge in [0.25, 0.3) is 5.56 Å². The van der Waals surface area contributed by atoms with E-state index in [1.54, 1.807) is 28.8 Å². The van der Waals surface area contributed by atoms with Crippen molar-refractivity contribution >= 4 is 51.5 Å². The maximum atomic E-state index is 13.2. The lowest BCUT2D eigenvalue weighted by atomic mass is 10.1. The van der Waals surface area contributed by atoms with Crippen LogP contribution < -0.4 is 10.9 Å². The van der Waals surface area contributed by atoms with E-state index in [4.69, 9.17) is 39.8 Å². The van der Waals surface area contributed by atoms with E-state index < -0.39 is 0 Å². The SMILES string of the molecule is O=c1ccc2c(-c3ccccc3Cl)nc(NC3C4CCN5C[C@]435)cc2n1-c1c(Cl)cccc1Cl. The molecule has 2 aromatic heterocycles. The zero-order valence-electron chi connectivity index (χ0n) is 17.9. The molecule has 8 heteroatoms. The molecule has 170 valence electrons. The minimum absolute atomic E-state index is 0.222. The Morgan fingerprint density at radius 2 is 1.74 bits per heavy atom. The zero-order valence-corrected chi connectivity index (χ0v) is 20.2. The summed E-state index contributed by atoms with van der Waals surface area (Å²) in [6.07, 6.45) is 1.21. The van der Waals surface area contributed by atoms with E-state index >= 15 is 0 Å². The van der Waals surface area contributed by atoms with Gasteiger partial charge in [-0.2, -0.15) is 0 Å². The molecule has 1 N–H and O–H groups in total. The van der Waals surface area contributed by atoms with Gasteiger partial charge in [-0.05, 0) is 37.2 Å². The number of benzene rings is 2. The fourth-order valence-electron chi connectivity index (χ4n) is 5.91. The summed E-state index contributed by atoms with van der Waals surface area (Å²) in [4.78, 5) is 20.7. The number of aromatic nitrogens is 2. The van der Waals surface area contributed by atoms with E-state index in [0.29, 0.717) is 55.3 Å². The van der Waals surface area contributed by atoms with E-state index in [0.717, 1.165) is 17.5 Å². The van der Waals surface area contributed by atoms with Gasteiger partial charge in [0.1, 0.15) is 5.82 Å². The largest absolute Gasteiger partial charge is 0.365 e. The summed E-state index contributed by atoms with van der Waals surface area (Å²) in [5.74, 6) is 1.37. The quantitative estimate of drug-likeness (QED) is 0.349. The molecule has 4 atom stereocenters. The van der Waals surface area contributed by atoms with Crippen LogP contribution in [0.3, 0.4) is 0 Å². The monoisotopic (exact) mass is 508 g/mol. The van der Waals surface area contributed by atoms with Crippen LogP contribution in [0, 0.1) is 5.92 Å². The minimum atomic E-state index is -0.222. The van der Waals surface area contributed by atoms with Gasteiger partial charge in [0.2, 0.25) is 0 Å². The van der Waals surface area contributed by atoms with Crippen LogP contribution in [0.2, 0.25) is 15.1 Å². The summed E-state index contributed by atoms with van der Waals surface area (Å²) in [5.41, 5.74) is 2.72. The Labute approximate surface area is 210 Å². The lowest BCUT2D eigenvalue weighted by Crippen LogP contribution is -2.20. The first-order valence-corrected chi connectivity index (χ1v) is 12.4. The van der Waals surface area contributed by atoms with Crippen LogP contribution in [0.25, 0.3) is 27.8 Å². The molecule has 2 aromatic carbocycles. The summed E-state index contributed by atoms with van der Waals surface area (Å²) in [6, 6.07) is 18.4. The second-order valence-electron chi connectivity index (χ2n) is 9.28. The van der Waals surface area contributed by atoms with Crippen molar-refractivity contribution in [3.8, 4) is 16.9 Å². The number of para-hydroxylation sites is 1. The number of halogens is 3.